The van der Waals surface area contributed by atoms with Crippen LogP contribution in [-0.2, 0) is 4.74 Å². The van der Waals surface area contributed by atoms with Crippen LogP contribution in [0.2, 0.25) is 0 Å². The molecule has 82 valence electrons. The molecule has 1 unspecified atom stereocenters. The van der Waals surface area contributed by atoms with Crippen molar-refractivity contribution < 1.29 is 9.84 Å². The van der Waals surface area contributed by atoms with E-state index in [2.05, 4.69) is 11.3 Å². The molecule has 0 aromatic rings. The van der Waals surface area contributed by atoms with Crippen LogP contribution in [0.25, 0.3) is 0 Å². The summed E-state index contributed by atoms with van der Waals surface area (Å²) < 4.78 is 4.25. The van der Waals surface area contributed by atoms with Crippen LogP contribution in [0.4, 0.5) is 0 Å². The highest BCUT2D eigenvalue weighted by Crippen LogP contribution is 2.02. The Labute approximate surface area is 83.6 Å². The highest BCUT2D eigenvalue weighted by molar-refractivity contribution is 4.67. The second-order valence-corrected chi connectivity index (χ2v) is 2.56. The normalized spacial score (nSPS) is 10.0. The summed E-state index contributed by atoms with van der Waals surface area (Å²) in [4.78, 5) is 0. The number of hydrogen-bond donors (Lipinski definition) is 1. The number of allylic oxidation sites excluding steroid dienone is 1. The summed E-state index contributed by atoms with van der Waals surface area (Å²) in [6, 6.07) is 0. The van der Waals surface area contributed by atoms with Crippen molar-refractivity contribution in [3.8, 4) is 0 Å². The number of methoxy groups -OCH3 is 1. The van der Waals surface area contributed by atoms with E-state index in [0.717, 1.165) is 12.8 Å². The Morgan fingerprint density at radius 3 is 2.00 bits per heavy atom. The third kappa shape index (κ3) is 34.0. The molecule has 0 spiro atoms. The van der Waals surface area contributed by atoms with Crippen molar-refractivity contribution in [1.29, 1.82) is 0 Å². The Kier molecular flexibility index (Phi) is 32.0. The number of hydrogen-bond acceptors (Lipinski definition) is 2. The van der Waals surface area contributed by atoms with Gasteiger partial charge in [0, 0.05) is 20.8 Å². The summed E-state index contributed by atoms with van der Waals surface area (Å²) in [6.07, 6.45) is 3.95. The lowest BCUT2D eigenvalue weighted by Crippen LogP contribution is -1.98. The second-order valence-electron chi connectivity index (χ2n) is 2.56. The van der Waals surface area contributed by atoms with Crippen LogP contribution < -0.4 is 0 Å². The van der Waals surface area contributed by atoms with Crippen LogP contribution in [0, 0.1) is 5.92 Å². The van der Waals surface area contributed by atoms with Crippen LogP contribution in [0.1, 0.15) is 33.6 Å². The Hall–Kier alpha value is -0.340. The van der Waals surface area contributed by atoms with E-state index in [1.54, 1.807) is 14.2 Å². The van der Waals surface area contributed by atoms with Gasteiger partial charge in [0.15, 0.2) is 0 Å². The SMILES string of the molecule is C=CCCC(C)CO.CC.COC. The first-order valence-corrected chi connectivity index (χ1v) is 4.84. The highest BCUT2D eigenvalue weighted by Gasteiger charge is 1.94. The van der Waals surface area contributed by atoms with Gasteiger partial charge < -0.3 is 9.84 Å². The lowest BCUT2D eigenvalue weighted by molar-refractivity contribution is 0.231. The van der Waals surface area contributed by atoms with E-state index in [0.29, 0.717) is 12.5 Å². The summed E-state index contributed by atoms with van der Waals surface area (Å²) in [5.41, 5.74) is 0. The van der Waals surface area contributed by atoms with E-state index in [4.69, 9.17) is 5.11 Å². The van der Waals surface area contributed by atoms with Gasteiger partial charge in [-0.2, -0.15) is 0 Å². The zero-order valence-corrected chi connectivity index (χ0v) is 9.84. The monoisotopic (exact) mass is 190 g/mol. The molecule has 1 N–H and O–H groups in total. The Morgan fingerprint density at radius 1 is 1.38 bits per heavy atom. The molecule has 0 fully saturated rings. The molecule has 0 aromatic carbocycles. The topological polar surface area (TPSA) is 29.5 Å². The van der Waals surface area contributed by atoms with Crippen molar-refractivity contribution in [2.45, 2.75) is 33.6 Å². The predicted octanol–water partition coefficient (Wildman–Crippen LogP) is 2.87. The van der Waals surface area contributed by atoms with Gasteiger partial charge in [-0.25, -0.2) is 0 Å². The maximum Gasteiger partial charge on any atom is 0.0456 e. The Balaban J connectivity index is -0.000000169. The van der Waals surface area contributed by atoms with Crippen LogP contribution >= 0.6 is 0 Å². The maximum atomic E-state index is 8.53. The van der Waals surface area contributed by atoms with E-state index in [1.165, 1.54) is 0 Å². The van der Waals surface area contributed by atoms with Crippen LogP contribution in [0.15, 0.2) is 12.7 Å². The third-order valence-corrected chi connectivity index (χ3v) is 1.18. The summed E-state index contributed by atoms with van der Waals surface area (Å²) in [7, 11) is 3.25. The molecule has 0 heterocycles. The van der Waals surface area contributed by atoms with Gasteiger partial charge >= 0.3 is 0 Å². The van der Waals surface area contributed by atoms with Gasteiger partial charge in [-0.1, -0.05) is 26.8 Å². The van der Waals surface area contributed by atoms with E-state index in [1.807, 2.05) is 26.8 Å². The van der Waals surface area contributed by atoms with E-state index in [-0.39, 0.29) is 0 Å². The molecule has 0 radical (unpaired) electrons. The molecule has 0 aliphatic carbocycles. The van der Waals surface area contributed by atoms with Crippen molar-refractivity contribution in [2.24, 2.45) is 5.92 Å². The zero-order valence-electron chi connectivity index (χ0n) is 9.84. The quantitative estimate of drug-likeness (QED) is 0.691. The van der Waals surface area contributed by atoms with Gasteiger partial charge in [-0.3, -0.25) is 0 Å². The second kappa shape index (κ2) is 22.6. The minimum atomic E-state index is 0.299. The van der Waals surface area contributed by atoms with Crippen LogP contribution in [-0.4, -0.2) is 25.9 Å². The highest BCUT2D eigenvalue weighted by atomic mass is 16.4. The maximum absolute atomic E-state index is 8.53. The first kappa shape index (κ1) is 18.4. The lowest BCUT2D eigenvalue weighted by atomic mass is 10.1. The number of aliphatic hydroxyl groups is 1. The molecular weight excluding hydrogens is 164 g/mol. The molecule has 0 saturated carbocycles. The van der Waals surface area contributed by atoms with Crippen molar-refractivity contribution >= 4 is 0 Å². The molecule has 0 amide bonds. The van der Waals surface area contributed by atoms with Crippen molar-refractivity contribution in [3.63, 3.8) is 0 Å². The fourth-order valence-electron chi connectivity index (χ4n) is 0.494. The molecule has 2 nitrogen and oxygen atoms in total. The molecule has 13 heavy (non-hydrogen) atoms. The zero-order chi connectivity index (χ0) is 11.1. The van der Waals surface area contributed by atoms with Crippen LogP contribution in [0.5, 0.6) is 0 Å². The molecule has 2 heteroatoms. The third-order valence-electron chi connectivity index (χ3n) is 1.18. The molecule has 0 aliphatic rings. The van der Waals surface area contributed by atoms with E-state index < -0.39 is 0 Å². The van der Waals surface area contributed by atoms with Crippen molar-refractivity contribution in [3.05, 3.63) is 12.7 Å². The first-order valence-electron chi connectivity index (χ1n) is 4.84. The van der Waals surface area contributed by atoms with Crippen LogP contribution in [0.3, 0.4) is 0 Å². The van der Waals surface area contributed by atoms with Gasteiger partial charge in [-0.05, 0) is 18.8 Å². The average molecular weight is 190 g/mol. The van der Waals surface area contributed by atoms with Gasteiger partial charge in [-0.15, -0.1) is 6.58 Å². The molecular formula is C11H26O2. The summed E-state index contributed by atoms with van der Waals surface area (Å²) in [5, 5.41) is 8.53. The molecule has 0 aliphatic heterocycles. The standard InChI is InChI=1S/C7H14O.C2H6O.C2H6/c1-3-4-5-7(2)6-8;1-3-2;1-2/h3,7-8H,1,4-6H2,2H3;1-2H3;1-2H3. The molecule has 0 rings (SSSR count). The average Bonchev–Trinajstić information content (AvgIpc) is 2.18. The smallest absolute Gasteiger partial charge is 0.0456 e. The van der Waals surface area contributed by atoms with Gasteiger partial charge in [0.2, 0.25) is 0 Å². The molecule has 0 saturated heterocycles. The summed E-state index contributed by atoms with van der Waals surface area (Å²) in [6.45, 7) is 9.92. The Morgan fingerprint density at radius 2 is 1.77 bits per heavy atom. The fourth-order valence-corrected chi connectivity index (χ4v) is 0.494. The first-order chi connectivity index (χ1) is 6.22. The summed E-state index contributed by atoms with van der Waals surface area (Å²) in [5.74, 6) is 0.438. The molecule has 0 aromatic heterocycles. The molecule has 0 bridgehead atoms. The fraction of sp³-hybridized carbons (Fsp3) is 0.818. The lowest BCUT2D eigenvalue weighted by Gasteiger charge is -2.02. The Bertz CT molecular complexity index is 72.5. The van der Waals surface area contributed by atoms with Crippen molar-refractivity contribution in [1.82, 2.24) is 0 Å². The minimum absolute atomic E-state index is 0.299. The number of ether oxygens (including phenoxy) is 1. The number of rotatable bonds is 4. The van der Waals surface area contributed by atoms with Gasteiger partial charge in [0.1, 0.15) is 0 Å². The number of aliphatic hydroxyl groups excluding tert-OH is 1. The molecule has 1 atom stereocenters. The van der Waals surface area contributed by atoms with Crippen molar-refractivity contribution in [2.75, 3.05) is 20.8 Å². The predicted molar refractivity (Wildman–Crippen MR) is 60.0 cm³/mol. The van der Waals surface area contributed by atoms with E-state index in [9.17, 15) is 0 Å². The minimum Gasteiger partial charge on any atom is -0.396 e. The van der Waals surface area contributed by atoms with Gasteiger partial charge in [0.05, 0.1) is 0 Å². The summed E-state index contributed by atoms with van der Waals surface area (Å²) >= 11 is 0. The van der Waals surface area contributed by atoms with Gasteiger partial charge in [0.25, 0.3) is 0 Å². The van der Waals surface area contributed by atoms with E-state index >= 15 is 0 Å². The largest absolute Gasteiger partial charge is 0.396 e.